The first-order valence-electron chi connectivity index (χ1n) is 11.6. The van der Waals surface area contributed by atoms with Gasteiger partial charge in [0.1, 0.15) is 23.0 Å². The highest BCUT2D eigenvalue weighted by Crippen LogP contribution is 2.43. The molecular weight excluding hydrogens is 458 g/mol. The molecule has 0 aliphatic carbocycles. The van der Waals surface area contributed by atoms with Crippen molar-refractivity contribution in [1.82, 2.24) is 0 Å². The van der Waals surface area contributed by atoms with Crippen LogP contribution in [0.5, 0.6) is 17.2 Å². The summed E-state index contributed by atoms with van der Waals surface area (Å²) in [5, 5.41) is 11.4. The lowest BCUT2D eigenvalue weighted by Gasteiger charge is -2.26. The predicted molar refractivity (Wildman–Crippen MR) is 138 cm³/mol. The zero-order valence-corrected chi connectivity index (χ0v) is 20.9. The van der Waals surface area contributed by atoms with Crippen LogP contribution in [0.1, 0.15) is 36.6 Å². The number of hydrogen-bond acceptors (Lipinski definition) is 6. The van der Waals surface area contributed by atoms with E-state index in [4.69, 9.17) is 14.2 Å². The number of aryl methyl sites for hydroxylation is 1. The number of hydrogen-bond donors (Lipinski definition) is 1. The van der Waals surface area contributed by atoms with Gasteiger partial charge in [-0.05, 0) is 86.5 Å². The maximum absolute atomic E-state index is 13.4. The molecule has 0 radical (unpaired) electrons. The summed E-state index contributed by atoms with van der Waals surface area (Å²) >= 11 is 0. The molecule has 3 aromatic rings. The van der Waals surface area contributed by atoms with Gasteiger partial charge in [0.15, 0.2) is 0 Å². The molecule has 1 saturated heterocycles. The van der Waals surface area contributed by atoms with E-state index in [0.717, 1.165) is 0 Å². The molecule has 1 fully saturated rings. The Kier molecular flexibility index (Phi) is 7.01. The lowest BCUT2D eigenvalue weighted by Crippen LogP contribution is -2.29. The molecule has 1 N–H and O–H groups in total. The first kappa shape index (κ1) is 24.9. The number of anilines is 1. The minimum Gasteiger partial charge on any atom is -0.507 e. The van der Waals surface area contributed by atoms with E-state index >= 15 is 0 Å². The summed E-state index contributed by atoms with van der Waals surface area (Å²) in [6.45, 7) is 5.66. The number of aliphatic hydroxyl groups excluding tert-OH is 1. The van der Waals surface area contributed by atoms with Gasteiger partial charge in [-0.1, -0.05) is 12.1 Å². The van der Waals surface area contributed by atoms with Crippen molar-refractivity contribution in [1.29, 1.82) is 0 Å². The number of benzene rings is 3. The smallest absolute Gasteiger partial charge is 0.300 e. The molecule has 36 heavy (non-hydrogen) atoms. The number of nitrogens with zero attached hydrogens (tertiary/aromatic N) is 1. The summed E-state index contributed by atoms with van der Waals surface area (Å²) < 4.78 is 16.3. The van der Waals surface area contributed by atoms with Crippen molar-refractivity contribution in [3.8, 4) is 17.2 Å². The van der Waals surface area contributed by atoms with Crippen molar-refractivity contribution in [2.75, 3.05) is 19.1 Å². The highest BCUT2D eigenvalue weighted by Gasteiger charge is 2.47. The number of aliphatic hydroxyl groups is 1. The second-order valence-electron chi connectivity index (χ2n) is 8.78. The van der Waals surface area contributed by atoms with Crippen molar-refractivity contribution in [2.24, 2.45) is 0 Å². The van der Waals surface area contributed by atoms with Crippen molar-refractivity contribution < 1.29 is 28.9 Å². The monoisotopic (exact) mass is 487 g/mol. The molecule has 1 aliphatic rings. The van der Waals surface area contributed by atoms with Crippen LogP contribution in [0.15, 0.2) is 72.3 Å². The Bertz CT molecular complexity index is 1310. The fourth-order valence-electron chi connectivity index (χ4n) is 4.33. The van der Waals surface area contributed by atoms with E-state index in [1.54, 1.807) is 80.9 Å². The Hall–Kier alpha value is -4.26. The molecule has 0 spiro atoms. The summed E-state index contributed by atoms with van der Waals surface area (Å²) in [5.41, 5.74) is 2.35. The molecule has 3 aromatic carbocycles. The van der Waals surface area contributed by atoms with Crippen molar-refractivity contribution in [3.63, 3.8) is 0 Å². The van der Waals surface area contributed by atoms with Gasteiger partial charge in [-0.25, -0.2) is 0 Å². The second kappa shape index (κ2) is 10.2. The number of carbonyl (C=O) groups is 2. The van der Waals surface area contributed by atoms with Crippen LogP contribution in [0.25, 0.3) is 5.76 Å². The lowest BCUT2D eigenvalue weighted by molar-refractivity contribution is -0.132. The fourth-order valence-corrected chi connectivity index (χ4v) is 4.33. The molecule has 1 unspecified atom stereocenters. The quantitative estimate of drug-likeness (QED) is 0.272. The molecule has 1 atom stereocenters. The Morgan fingerprint density at radius 3 is 2.00 bits per heavy atom. The van der Waals surface area contributed by atoms with E-state index in [1.807, 2.05) is 20.8 Å². The first-order chi connectivity index (χ1) is 17.2. The first-order valence-corrected chi connectivity index (χ1v) is 11.6. The van der Waals surface area contributed by atoms with Gasteiger partial charge in [-0.2, -0.15) is 0 Å². The molecule has 0 saturated carbocycles. The summed E-state index contributed by atoms with van der Waals surface area (Å²) in [4.78, 5) is 28.1. The summed E-state index contributed by atoms with van der Waals surface area (Å²) in [7, 11) is 3.12. The molecule has 0 aromatic heterocycles. The highest BCUT2D eigenvalue weighted by atomic mass is 16.5. The number of carbonyl (C=O) groups excluding carboxylic acids is 2. The molecule has 186 valence electrons. The van der Waals surface area contributed by atoms with Gasteiger partial charge in [-0.15, -0.1) is 0 Å². The minimum atomic E-state index is -0.839. The molecule has 4 rings (SSSR count). The number of methoxy groups -OCH3 is 2. The minimum absolute atomic E-state index is 0.00267. The summed E-state index contributed by atoms with van der Waals surface area (Å²) in [5.74, 6) is 0.195. The Balaban J connectivity index is 1.88. The molecule has 7 nitrogen and oxygen atoms in total. The number of amides is 1. The fraction of sp³-hybridized carbons (Fsp3) is 0.241. The van der Waals surface area contributed by atoms with Crippen LogP contribution < -0.4 is 19.1 Å². The van der Waals surface area contributed by atoms with Gasteiger partial charge in [-0.3, -0.25) is 14.5 Å². The van der Waals surface area contributed by atoms with Gasteiger partial charge < -0.3 is 19.3 Å². The third kappa shape index (κ3) is 4.64. The van der Waals surface area contributed by atoms with Gasteiger partial charge in [0.2, 0.25) is 0 Å². The van der Waals surface area contributed by atoms with Crippen LogP contribution in [0.2, 0.25) is 0 Å². The SMILES string of the molecule is COc1ccc(C2/C(=C(/O)c3ccc(OC)cc3C)C(=O)C(=O)N2c2ccc(OC(C)C)cc2)cc1. The zero-order chi connectivity index (χ0) is 26.0. The Morgan fingerprint density at radius 1 is 0.861 bits per heavy atom. The largest absolute Gasteiger partial charge is 0.507 e. The standard InChI is InChI=1S/C29H29NO6/c1-17(2)36-22-12-8-20(9-13-22)30-26(19-6-10-21(34-4)11-7-19)25(28(32)29(30)33)27(31)24-15-14-23(35-5)16-18(24)3/h6-17,26,31H,1-5H3/b27-25-. The summed E-state index contributed by atoms with van der Waals surface area (Å²) in [6, 6.07) is 18.4. The Morgan fingerprint density at radius 2 is 1.44 bits per heavy atom. The predicted octanol–water partition coefficient (Wildman–Crippen LogP) is 5.43. The molecule has 1 amide bonds. The zero-order valence-electron chi connectivity index (χ0n) is 20.9. The van der Waals surface area contributed by atoms with Crippen molar-refractivity contribution >= 4 is 23.1 Å². The number of rotatable bonds is 7. The van der Waals surface area contributed by atoms with Gasteiger partial charge in [0.05, 0.1) is 31.9 Å². The molecule has 7 heteroatoms. The van der Waals surface area contributed by atoms with E-state index < -0.39 is 17.7 Å². The third-order valence-electron chi connectivity index (χ3n) is 6.05. The van der Waals surface area contributed by atoms with Crippen LogP contribution in [-0.4, -0.2) is 37.1 Å². The number of ketones is 1. The van der Waals surface area contributed by atoms with Crippen LogP contribution in [0.3, 0.4) is 0 Å². The van der Waals surface area contributed by atoms with E-state index in [-0.39, 0.29) is 17.4 Å². The van der Waals surface area contributed by atoms with Crippen molar-refractivity contribution in [2.45, 2.75) is 32.9 Å². The lowest BCUT2D eigenvalue weighted by atomic mass is 9.93. The average Bonchev–Trinajstić information content (AvgIpc) is 3.14. The normalized spacial score (nSPS) is 16.9. The topological polar surface area (TPSA) is 85.3 Å². The molecular formula is C29H29NO6. The van der Waals surface area contributed by atoms with Crippen molar-refractivity contribution in [3.05, 3.63) is 89.0 Å². The molecule has 1 aliphatic heterocycles. The van der Waals surface area contributed by atoms with E-state index in [0.29, 0.717) is 39.6 Å². The average molecular weight is 488 g/mol. The number of ether oxygens (including phenoxy) is 3. The van der Waals surface area contributed by atoms with E-state index in [9.17, 15) is 14.7 Å². The second-order valence-corrected chi connectivity index (χ2v) is 8.78. The van der Waals surface area contributed by atoms with Crippen LogP contribution in [-0.2, 0) is 9.59 Å². The van der Waals surface area contributed by atoms with Gasteiger partial charge >= 0.3 is 0 Å². The highest BCUT2D eigenvalue weighted by molar-refractivity contribution is 6.51. The molecule has 1 heterocycles. The van der Waals surface area contributed by atoms with E-state index in [1.165, 1.54) is 4.90 Å². The van der Waals surface area contributed by atoms with Gasteiger partial charge in [0.25, 0.3) is 11.7 Å². The van der Waals surface area contributed by atoms with E-state index in [2.05, 4.69) is 0 Å². The number of Topliss-reactive ketones (excluding diaryl/α,β-unsaturated/α-hetero) is 1. The van der Waals surface area contributed by atoms with Crippen LogP contribution in [0.4, 0.5) is 5.69 Å². The maximum Gasteiger partial charge on any atom is 0.300 e. The van der Waals surface area contributed by atoms with Crippen LogP contribution >= 0.6 is 0 Å². The molecule has 0 bridgehead atoms. The van der Waals surface area contributed by atoms with Crippen LogP contribution in [0, 0.1) is 6.92 Å². The maximum atomic E-state index is 13.4. The third-order valence-corrected chi connectivity index (χ3v) is 6.05. The summed E-state index contributed by atoms with van der Waals surface area (Å²) in [6.07, 6.45) is -0.00267. The van der Waals surface area contributed by atoms with Gasteiger partial charge in [0, 0.05) is 11.3 Å². The Labute approximate surface area is 210 Å².